The SMILES string of the molecule is Cc1ccc(-c2ccc3c(c2)CCC3Oc2ccc(CCC(=O)O)cc2)cc1. The van der Waals surface area contributed by atoms with E-state index < -0.39 is 5.97 Å². The highest BCUT2D eigenvalue weighted by Crippen LogP contribution is 2.37. The zero-order valence-corrected chi connectivity index (χ0v) is 16.0. The molecule has 0 aliphatic heterocycles. The molecule has 0 fully saturated rings. The fourth-order valence-electron chi connectivity index (χ4n) is 3.78. The monoisotopic (exact) mass is 372 g/mol. The van der Waals surface area contributed by atoms with Crippen LogP contribution in [0.1, 0.15) is 41.2 Å². The number of rotatable bonds is 6. The highest BCUT2D eigenvalue weighted by Gasteiger charge is 2.24. The van der Waals surface area contributed by atoms with Crippen molar-refractivity contribution in [3.05, 3.63) is 89.0 Å². The van der Waals surface area contributed by atoms with Crippen molar-refractivity contribution >= 4 is 5.97 Å². The van der Waals surface area contributed by atoms with Crippen molar-refractivity contribution in [2.24, 2.45) is 0 Å². The first kappa shape index (κ1) is 18.3. The summed E-state index contributed by atoms with van der Waals surface area (Å²) in [5, 5.41) is 8.79. The summed E-state index contributed by atoms with van der Waals surface area (Å²) in [6.45, 7) is 2.10. The average molecular weight is 372 g/mol. The predicted octanol–water partition coefficient (Wildman–Crippen LogP) is 5.75. The number of carboxylic acid groups (broad SMARTS) is 1. The summed E-state index contributed by atoms with van der Waals surface area (Å²) in [5.41, 5.74) is 7.42. The van der Waals surface area contributed by atoms with Crippen LogP contribution in [0.5, 0.6) is 5.75 Å². The Hall–Kier alpha value is -3.07. The maximum absolute atomic E-state index is 10.7. The van der Waals surface area contributed by atoms with Gasteiger partial charge in [0.25, 0.3) is 0 Å². The number of hydrogen-bond acceptors (Lipinski definition) is 2. The maximum Gasteiger partial charge on any atom is 0.303 e. The number of hydrogen-bond donors (Lipinski definition) is 1. The quantitative estimate of drug-likeness (QED) is 0.600. The van der Waals surface area contributed by atoms with Gasteiger partial charge in [-0.3, -0.25) is 4.79 Å². The molecule has 0 bridgehead atoms. The van der Waals surface area contributed by atoms with Gasteiger partial charge < -0.3 is 9.84 Å². The molecule has 0 heterocycles. The summed E-state index contributed by atoms with van der Waals surface area (Å²) in [6.07, 6.45) is 2.78. The van der Waals surface area contributed by atoms with Crippen LogP contribution in [0.2, 0.25) is 0 Å². The van der Waals surface area contributed by atoms with Crippen molar-refractivity contribution in [2.45, 2.75) is 38.7 Å². The van der Waals surface area contributed by atoms with Gasteiger partial charge in [-0.2, -0.15) is 0 Å². The number of benzene rings is 3. The molecule has 0 spiro atoms. The molecule has 0 amide bonds. The topological polar surface area (TPSA) is 46.5 Å². The summed E-state index contributed by atoms with van der Waals surface area (Å²) >= 11 is 0. The molecule has 3 nitrogen and oxygen atoms in total. The number of fused-ring (bicyclic) bond motifs is 1. The van der Waals surface area contributed by atoms with Gasteiger partial charge in [-0.1, -0.05) is 60.2 Å². The Kier molecular flexibility index (Phi) is 5.16. The summed E-state index contributed by atoms with van der Waals surface area (Å²) in [7, 11) is 0. The summed E-state index contributed by atoms with van der Waals surface area (Å²) < 4.78 is 6.23. The lowest BCUT2D eigenvalue weighted by atomic mass is 9.99. The molecule has 1 unspecified atom stereocenters. The lowest BCUT2D eigenvalue weighted by Gasteiger charge is -2.16. The first-order chi connectivity index (χ1) is 13.6. The molecule has 142 valence electrons. The largest absolute Gasteiger partial charge is 0.486 e. The Morgan fingerprint density at radius 3 is 2.43 bits per heavy atom. The number of ether oxygens (including phenoxy) is 1. The molecule has 0 saturated carbocycles. The number of carboxylic acids is 1. The molecular formula is C25H24O3. The first-order valence-electron chi connectivity index (χ1n) is 9.76. The Morgan fingerprint density at radius 1 is 1.00 bits per heavy atom. The van der Waals surface area contributed by atoms with E-state index in [1.807, 2.05) is 24.3 Å². The van der Waals surface area contributed by atoms with Crippen LogP contribution in [0.15, 0.2) is 66.7 Å². The highest BCUT2D eigenvalue weighted by molar-refractivity contribution is 5.67. The third kappa shape index (κ3) is 4.09. The maximum atomic E-state index is 10.7. The van der Waals surface area contributed by atoms with E-state index >= 15 is 0 Å². The fourth-order valence-corrected chi connectivity index (χ4v) is 3.78. The molecule has 0 aromatic heterocycles. The standard InChI is InChI=1S/C25H24O3/c1-17-2-7-19(8-3-17)20-9-13-23-21(16-20)10-14-24(23)28-22-11-4-18(5-12-22)6-15-25(26)27/h2-5,7-9,11-13,16,24H,6,10,14-15H2,1H3,(H,26,27). The second-order valence-corrected chi connectivity index (χ2v) is 7.46. The summed E-state index contributed by atoms with van der Waals surface area (Å²) in [4.78, 5) is 10.7. The molecule has 1 aliphatic rings. The second-order valence-electron chi connectivity index (χ2n) is 7.46. The minimum Gasteiger partial charge on any atom is -0.486 e. The van der Waals surface area contributed by atoms with Crippen LogP contribution in [-0.2, 0) is 17.6 Å². The third-order valence-corrected chi connectivity index (χ3v) is 5.38. The first-order valence-corrected chi connectivity index (χ1v) is 9.76. The van der Waals surface area contributed by atoms with Gasteiger partial charge in [-0.05, 0) is 66.1 Å². The van der Waals surface area contributed by atoms with Crippen LogP contribution in [0.4, 0.5) is 0 Å². The smallest absolute Gasteiger partial charge is 0.303 e. The van der Waals surface area contributed by atoms with E-state index in [9.17, 15) is 4.79 Å². The normalized spacial score (nSPS) is 15.2. The van der Waals surface area contributed by atoms with Gasteiger partial charge in [0.1, 0.15) is 11.9 Å². The van der Waals surface area contributed by atoms with E-state index in [1.165, 1.54) is 27.8 Å². The zero-order valence-electron chi connectivity index (χ0n) is 16.0. The Morgan fingerprint density at radius 2 is 1.71 bits per heavy atom. The molecule has 0 saturated heterocycles. The van der Waals surface area contributed by atoms with Gasteiger partial charge in [0.05, 0.1) is 0 Å². The molecule has 1 aliphatic carbocycles. The lowest BCUT2D eigenvalue weighted by molar-refractivity contribution is -0.136. The van der Waals surface area contributed by atoms with Crippen molar-refractivity contribution < 1.29 is 14.6 Å². The van der Waals surface area contributed by atoms with Gasteiger partial charge in [-0.25, -0.2) is 0 Å². The fraction of sp³-hybridized carbons (Fsp3) is 0.240. The van der Waals surface area contributed by atoms with Crippen LogP contribution in [-0.4, -0.2) is 11.1 Å². The average Bonchev–Trinajstić information content (AvgIpc) is 3.10. The van der Waals surface area contributed by atoms with Crippen molar-refractivity contribution in [1.29, 1.82) is 0 Å². The van der Waals surface area contributed by atoms with Gasteiger partial charge in [0, 0.05) is 6.42 Å². The van der Waals surface area contributed by atoms with E-state index in [0.29, 0.717) is 6.42 Å². The molecular weight excluding hydrogens is 348 g/mol. The van der Waals surface area contributed by atoms with Crippen LogP contribution in [0.3, 0.4) is 0 Å². The number of carbonyl (C=O) groups is 1. The molecule has 3 heteroatoms. The summed E-state index contributed by atoms with van der Waals surface area (Å²) in [6, 6.07) is 23.1. The van der Waals surface area contributed by atoms with E-state index in [-0.39, 0.29) is 12.5 Å². The van der Waals surface area contributed by atoms with Crippen LogP contribution < -0.4 is 4.74 Å². The molecule has 28 heavy (non-hydrogen) atoms. The van der Waals surface area contributed by atoms with Crippen molar-refractivity contribution in [3.63, 3.8) is 0 Å². The van der Waals surface area contributed by atoms with Gasteiger partial charge in [0.2, 0.25) is 0 Å². The van der Waals surface area contributed by atoms with Gasteiger partial charge >= 0.3 is 5.97 Å². The van der Waals surface area contributed by atoms with E-state index in [4.69, 9.17) is 9.84 Å². The molecule has 3 aromatic carbocycles. The molecule has 1 N–H and O–H groups in total. The molecule has 3 aromatic rings. The highest BCUT2D eigenvalue weighted by atomic mass is 16.5. The Bertz CT molecular complexity index is 972. The van der Waals surface area contributed by atoms with Crippen LogP contribution in [0, 0.1) is 6.92 Å². The van der Waals surface area contributed by atoms with E-state index in [2.05, 4.69) is 49.4 Å². The second kappa shape index (κ2) is 7.89. The van der Waals surface area contributed by atoms with Crippen molar-refractivity contribution in [3.8, 4) is 16.9 Å². The summed E-state index contributed by atoms with van der Waals surface area (Å²) in [5.74, 6) is 0.0624. The van der Waals surface area contributed by atoms with Crippen molar-refractivity contribution in [1.82, 2.24) is 0 Å². The Labute approximate surface area is 165 Å². The molecule has 4 rings (SSSR count). The number of aryl methyl sites for hydroxylation is 3. The van der Waals surface area contributed by atoms with Gasteiger partial charge in [0.15, 0.2) is 0 Å². The third-order valence-electron chi connectivity index (χ3n) is 5.38. The lowest BCUT2D eigenvalue weighted by Crippen LogP contribution is -2.03. The van der Waals surface area contributed by atoms with Gasteiger partial charge in [-0.15, -0.1) is 0 Å². The minimum absolute atomic E-state index is 0.0759. The van der Waals surface area contributed by atoms with E-state index in [0.717, 1.165) is 24.2 Å². The number of aliphatic carboxylic acids is 1. The minimum atomic E-state index is -0.770. The van der Waals surface area contributed by atoms with E-state index in [1.54, 1.807) is 0 Å². The molecule has 1 atom stereocenters. The predicted molar refractivity (Wildman–Crippen MR) is 111 cm³/mol. The zero-order chi connectivity index (χ0) is 19.5. The molecule has 0 radical (unpaired) electrons. The Balaban J connectivity index is 1.46. The van der Waals surface area contributed by atoms with Crippen LogP contribution in [0.25, 0.3) is 11.1 Å². The van der Waals surface area contributed by atoms with Crippen molar-refractivity contribution in [2.75, 3.05) is 0 Å². The van der Waals surface area contributed by atoms with Crippen LogP contribution >= 0.6 is 0 Å².